The average Bonchev–Trinajstić information content (AvgIpc) is 2.65. The van der Waals surface area contributed by atoms with Gasteiger partial charge in [-0.25, -0.2) is 4.98 Å². The highest BCUT2D eigenvalue weighted by atomic mass is 79.9. The van der Waals surface area contributed by atoms with Gasteiger partial charge in [-0.15, -0.1) is 11.3 Å². The number of anilines is 1. The molecule has 3 nitrogen and oxygen atoms in total. The maximum Gasteiger partial charge on any atom is 0.185 e. The molecular formula is C10H15BrN2OS. The highest BCUT2D eigenvalue weighted by Crippen LogP contribution is 2.25. The number of rotatable bonds is 2. The summed E-state index contributed by atoms with van der Waals surface area (Å²) in [4.78, 5) is 6.87. The molecule has 0 aliphatic carbocycles. The van der Waals surface area contributed by atoms with Gasteiger partial charge < -0.3 is 9.64 Å². The van der Waals surface area contributed by atoms with Crippen LogP contribution in [0.25, 0.3) is 0 Å². The van der Waals surface area contributed by atoms with Crippen molar-refractivity contribution in [2.75, 3.05) is 23.4 Å². The molecule has 1 aliphatic rings. The summed E-state index contributed by atoms with van der Waals surface area (Å²) in [7, 11) is 0. The molecule has 0 saturated carbocycles. The number of morpholine rings is 1. The molecule has 1 saturated heterocycles. The van der Waals surface area contributed by atoms with Gasteiger partial charge in [0.15, 0.2) is 5.13 Å². The molecule has 2 atom stereocenters. The van der Waals surface area contributed by atoms with E-state index in [-0.39, 0.29) is 6.10 Å². The van der Waals surface area contributed by atoms with Crippen LogP contribution in [0.15, 0.2) is 5.38 Å². The molecular weight excluding hydrogens is 276 g/mol. The Balaban J connectivity index is 2.12. The molecule has 5 heteroatoms. The van der Waals surface area contributed by atoms with Crippen LogP contribution in [0.1, 0.15) is 12.6 Å². The Morgan fingerprint density at radius 2 is 2.53 bits per heavy atom. The summed E-state index contributed by atoms with van der Waals surface area (Å²) < 4.78 is 5.69. The van der Waals surface area contributed by atoms with E-state index in [1.165, 1.54) is 0 Å². The Bertz CT molecular complexity index is 331. The predicted octanol–water partition coefficient (Wildman–Crippen LogP) is 2.44. The van der Waals surface area contributed by atoms with E-state index in [9.17, 15) is 0 Å². The van der Waals surface area contributed by atoms with Gasteiger partial charge in [-0.05, 0) is 13.8 Å². The number of hydrogen-bond acceptors (Lipinski definition) is 4. The molecule has 0 N–H and O–H groups in total. The van der Waals surface area contributed by atoms with Gasteiger partial charge in [-0.1, -0.05) is 15.9 Å². The van der Waals surface area contributed by atoms with Crippen molar-refractivity contribution in [3.05, 3.63) is 11.1 Å². The number of thiazole rings is 1. The highest BCUT2D eigenvalue weighted by molar-refractivity contribution is 9.09. The third-order valence-corrected chi connectivity index (χ3v) is 4.25. The smallest absolute Gasteiger partial charge is 0.185 e. The van der Waals surface area contributed by atoms with Crippen molar-refractivity contribution in [2.45, 2.75) is 26.0 Å². The Labute approximate surface area is 103 Å². The number of hydrogen-bond donors (Lipinski definition) is 0. The second-order valence-electron chi connectivity index (χ2n) is 3.88. The van der Waals surface area contributed by atoms with Gasteiger partial charge in [0.1, 0.15) is 0 Å². The molecule has 2 heterocycles. The lowest BCUT2D eigenvalue weighted by Crippen LogP contribution is -2.49. The number of aryl methyl sites for hydroxylation is 1. The number of aromatic nitrogens is 1. The lowest BCUT2D eigenvalue weighted by Gasteiger charge is -2.37. The Morgan fingerprint density at radius 3 is 3.13 bits per heavy atom. The Hall–Kier alpha value is -0.130. The molecule has 1 aromatic rings. The van der Waals surface area contributed by atoms with Crippen molar-refractivity contribution in [1.29, 1.82) is 0 Å². The summed E-state index contributed by atoms with van der Waals surface area (Å²) in [5, 5.41) is 4.11. The van der Waals surface area contributed by atoms with Crippen LogP contribution in [0, 0.1) is 6.92 Å². The lowest BCUT2D eigenvalue weighted by atomic mass is 10.2. The van der Waals surface area contributed by atoms with Crippen LogP contribution in [0.3, 0.4) is 0 Å². The molecule has 0 aromatic carbocycles. The van der Waals surface area contributed by atoms with Crippen LogP contribution in [-0.4, -0.2) is 35.6 Å². The molecule has 1 aromatic heterocycles. The molecule has 2 rings (SSSR count). The van der Waals surface area contributed by atoms with Gasteiger partial charge in [0, 0.05) is 17.3 Å². The molecule has 0 radical (unpaired) electrons. The van der Waals surface area contributed by atoms with Crippen molar-refractivity contribution in [3.63, 3.8) is 0 Å². The van der Waals surface area contributed by atoms with E-state index in [0.29, 0.717) is 6.04 Å². The second kappa shape index (κ2) is 4.80. The fourth-order valence-electron chi connectivity index (χ4n) is 1.65. The zero-order valence-corrected chi connectivity index (χ0v) is 11.3. The van der Waals surface area contributed by atoms with Crippen LogP contribution in [-0.2, 0) is 4.74 Å². The minimum absolute atomic E-state index is 0.283. The molecule has 0 bridgehead atoms. The van der Waals surface area contributed by atoms with Crippen LogP contribution >= 0.6 is 27.3 Å². The normalized spacial score (nSPS) is 27.0. The zero-order valence-electron chi connectivity index (χ0n) is 8.94. The van der Waals surface area contributed by atoms with Gasteiger partial charge >= 0.3 is 0 Å². The first kappa shape index (κ1) is 11.4. The van der Waals surface area contributed by atoms with Crippen LogP contribution in [0.5, 0.6) is 0 Å². The Kier molecular flexibility index (Phi) is 3.64. The SMILES string of the molecule is Cc1csc(N2CC(CBr)OCC2C)n1. The lowest BCUT2D eigenvalue weighted by molar-refractivity contribution is 0.0379. The first-order valence-electron chi connectivity index (χ1n) is 5.07. The highest BCUT2D eigenvalue weighted by Gasteiger charge is 2.27. The van der Waals surface area contributed by atoms with Crippen molar-refractivity contribution < 1.29 is 4.74 Å². The summed E-state index contributed by atoms with van der Waals surface area (Å²) in [5.74, 6) is 0. The van der Waals surface area contributed by atoms with E-state index < -0.39 is 0 Å². The summed E-state index contributed by atoms with van der Waals surface area (Å²) >= 11 is 5.18. The molecule has 2 unspecified atom stereocenters. The van der Waals surface area contributed by atoms with Gasteiger partial charge in [-0.2, -0.15) is 0 Å². The summed E-state index contributed by atoms with van der Waals surface area (Å²) in [6.45, 7) is 5.93. The van der Waals surface area contributed by atoms with Gasteiger partial charge in [0.2, 0.25) is 0 Å². The summed E-state index contributed by atoms with van der Waals surface area (Å²) in [5.41, 5.74) is 1.10. The van der Waals surface area contributed by atoms with E-state index in [1.54, 1.807) is 11.3 Å². The predicted molar refractivity (Wildman–Crippen MR) is 67.2 cm³/mol. The second-order valence-corrected chi connectivity index (χ2v) is 5.37. The third kappa shape index (κ3) is 2.52. The molecule has 0 amide bonds. The molecule has 84 valence electrons. The van der Waals surface area contributed by atoms with E-state index in [4.69, 9.17) is 4.74 Å². The summed E-state index contributed by atoms with van der Waals surface area (Å²) in [6, 6.07) is 0.422. The zero-order chi connectivity index (χ0) is 10.8. The number of halogens is 1. The largest absolute Gasteiger partial charge is 0.373 e. The molecule has 1 fully saturated rings. The number of alkyl halides is 1. The fraction of sp³-hybridized carbons (Fsp3) is 0.700. The maximum atomic E-state index is 5.69. The van der Waals surface area contributed by atoms with Crippen LogP contribution < -0.4 is 4.90 Å². The van der Waals surface area contributed by atoms with E-state index >= 15 is 0 Å². The number of nitrogens with zero attached hydrogens (tertiary/aromatic N) is 2. The Morgan fingerprint density at radius 1 is 1.73 bits per heavy atom. The topological polar surface area (TPSA) is 25.4 Å². The van der Waals surface area contributed by atoms with Gasteiger partial charge in [-0.3, -0.25) is 0 Å². The van der Waals surface area contributed by atoms with Crippen molar-refractivity contribution >= 4 is 32.4 Å². The third-order valence-electron chi connectivity index (χ3n) is 2.53. The number of ether oxygens (including phenoxy) is 1. The summed E-state index contributed by atoms with van der Waals surface area (Å²) in [6.07, 6.45) is 0.283. The minimum Gasteiger partial charge on any atom is -0.373 e. The van der Waals surface area contributed by atoms with E-state index in [2.05, 4.69) is 38.1 Å². The standard InChI is InChI=1S/C10H15BrN2OS/c1-7-6-15-10(12-7)13-4-9(3-11)14-5-8(13)2/h6,8-9H,3-5H2,1-2H3. The van der Waals surface area contributed by atoms with Crippen molar-refractivity contribution in [2.24, 2.45) is 0 Å². The minimum atomic E-state index is 0.283. The molecule has 1 aliphatic heterocycles. The van der Waals surface area contributed by atoms with Crippen LogP contribution in [0.2, 0.25) is 0 Å². The van der Waals surface area contributed by atoms with Crippen molar-refractivity contribution in [3.8, 4) is 0 Å². The van der Waals surface area contributed by atoms with Crippen LogP contribution in [0.4, 0.5) is 5.13 Å². The molecule has 15 heavy (non-hydrogen) atoms. The maximum absolute atomic E-state index is 5.69. The molecule has 0 spiro atoms. The van der Waals surface area contributed by atoms with Crippen molar-refractivity contribution in [1.82, 2.24) is 4.98 Å². The van der Waals surface area contributed by atoms with E-state index in [0.717, 1.165) is 29.3 Å². The average molecular weight is 291 g/mol. The first-order chi connectivity index (χ1) is 7.20. The monoisotopic (exact) mass is 290 g/mol. The quantitative estimate of drug-likeness (QED) is 0.783. The van der Waals surface area contributed by atoms with Gasteiger partial charge in [0.05, 0.1) is 24.4 Å². The van der Waals surface area contributed by atoms with E-state index in [1.807, 2.05) is 6.92 Å². The van der Waals surface area contributed by atoms with Gasteiger partial charge in [0.25, 0.3) is 0 Å². The first-order valence-corrected chi connectivity index (χ1v) is 7.07. The fourth-order valence-corrected chi connectivity index (χ4v) is 2.96.